The summed E-state index contributed by atoms with van der Waals surface area (Å²) in [6, 6.07) is 0.320. The van der Waals surface area contributed by atoms with Crippen LogP contribution in [0.3, 0.4) is 0 Å². The summed E-state index contributed by atoms with van der Waals surface area (Å²) in [6.45, 7) is 9.59. The van der Waals surface area contributed by atoms with Gasteiger partial charge in [0.1, 0.15) is 0 Å². The van der Waals surface area contributed by atoms with Crippen LogP contribution in [0.1, 0.15) is 47.0 Å². The van der Waals surface area contributed by atoms with Gasteiger partial charge in [0.25, 0.3) is 0 Å². The van der Waals surface area contributed by atoms with Crippen molar-refractivity contribution in [3.63, 3.8) is 0 Å². The second-order valence-electron chi connectivity index (χ2n) is 6.67. The Hall–Kier alpha value is -0.290. The van der Waals surface area contributed by atoms with Crippen LogP contribution < -0.4 is 5.32 Å². The summed E-state index contributed by atoms with van der Waals surface area (Å²) in [5.74, 6) is 0.318. The van der Waals surface area contributed by atoms with Crippen molar-refractivity contribution >= 4 is 0 Å². The van der Waals surface area contributed by atoms with Gasteiger partial charge in [0.15, 0.2) is 0 Å². The molecular weight excluding hydrogens is 265 g/mol. The molecule has 5 heteroatoms. The zero-order valence-electron chi connectivity index (χ0n) is 13.2. The molecule has 2 nitrogen and oxygen atoms in total. The lowest BCUT2D eigenvalue weighted by Crippen LogP contribution is -2.47. The number of hydrogen-bond acceptors (Lipinski definition) is 2. The Balaban J connectivity index is 2.67. The molecule has 20 heavy (non-hydrogen) atoms. The predicted octanol–water partition coefficient (Wildman–Crippen LogP) is 3.68. The fraction of sp³-hybridized carbons (Fsp3) is 1.00. The first kappa shape index (κ1) is 17.8. The van der Waals surface area contributed by atoms with E-state index in [1.54, 1.807) is 4.90 Å². The Morgan fingerprint density at radius 1 is 1.25 bits per heavy atom. The van der Waals surface area contributed by atoms with Crippen molar-refractivity contribution in [1.82, 2.24) is 10.2 Å². The summed E-state index contributed by atoms with van der Waals surface area (Å²) in [4.78, 5) is 1.58. The van der Waals surface area contributed by atoms with Crippen LogP contribution in [-0.4, -0.2) is 43.3 Å². The fourth-order valence-electron chi connectivity index (χ4n) is 3.51. The normalized spacial score (nSPS) is 26.4. The molecule has 1 aliphatic carbocycles. The van der Waals surface area contributed by atoms with Crippen molar-refractivity contribution in [3.8, 4) is 0 Å². The molecule has 0 aromatic rings. The van der Waals surface area contributed by atoms with E-state index in [-0.39, 0.29) is 5.41 Å². The summed E-state index contributed by atoms with van der Waals surface area (Å²) in [7, 11) is 0. The van der Waals surface area contributed by atoms with Gasteiger partial charge in [-0.1, -0.05) is 27.7 Å². The minimum atomic E-state index is -4.10. The number of rotatable bonds is 7. The number of alkyl halides is 3. The highest BCUT2D eigenvalue weighted by molar-refractivity contribution is 4.97. The van der Waals surface area contributed by atoms with Crippen LogP contribution in [0.25, 0.3) is 0 Å². The van der Waals surface area contributed by atoms with Gasteiger partial charge < -0.3 is 5.32 Å². The highest BCUT2D eigenvalue weighted by Gasteiger charge is 2.42. The van der Waals surface area contributed by atoms with E-state index < -0.39 is 12.7 Å². The highest BCUT2D eigenvalue weighted by atomic mass is 19.4. The van der Waals surface area contributed by atoms with Crippen molar-refractivity contribution in [3.05, 3.63) is 0 Å². The second-order valence-corrected chi connectivity index (χ2v) is 6.67. The summed E-state index contributed by atoms with van der Waals surface area (Å²) < 4.78 is 37.9. The summed E-state index contributed by atoms with van der Waals surface area (Å²) in [5, 5.41) is 3.49. The molecule has 1 aliphatic rings. The van der Waals surface area contributed by atoms with Crippen molar-refractivity contribution < 1.29 is 13.2 Å². The molecule has 1 N–H and O–H groups in total. The average molecular weight is 294 g/mol. The fourth-order valence-corrected chi connectivity index (χ4v) is 3.51. The van der Waals surface area contributed by atoms with Crippen LogP contribution in [0.5, 0.6) is 0 Å². The highest BCUT2D eigenvalue weighted by Crippen LogP contribution is 2.41. The molecule has 0 spiro atoms. The van der Waals surface area contributed by atoms with Crippen molar-refractivity contribution in [2.75, 3.05) is 26.2 Å². The van der Waals surface area contributed by atoms with Crippen LogP contribution in [0.15, 0.2) is 0 Å². The first-order chi connectivity index (χ1) is 9.19. The molecule has 0 amide bonds. The van der Waals surface area contributed by atoms with Gasteiger partial charge in [-0.25, -0.2) is 0 Å². The maximum absolute atomic E-state index is 12.6. The topological polar surface area (TPSA) is 15.3 Å². The molecule has 0 bridgehead atoms. The Labute approximate surface area is 121 Å². The molecule has 0 aliphatic heterocycles. The van der Waals surface area contributed by atoms with Crippen LogP contribution in [0.4, 0.5) is 13.2 Å². The Morgan fingerprint density at radius 2 is 1.90 bits per heavy atom. The van der Waals surface area contributed by atoms with Gasteiger partial charge in [0.05, 0.1) is 6.54 Å². The second kappa shape index (κ2) is 7.12. The van der Waals surface area contributed by atoms with Gasteiger partial charge >= 0.3 is 6.18 Å². The minimum Gasteiger partial charge on any atom is -0.313 e. The Kier molecular flexibility index (Phi) is 6.32. The molecule has 2 atom stereocenters. The third-order valence-electron chi connectivity index (χ3n) is 4.33. The molecule has 1 rings (SSSR count). The lowest BCUT2D eigenvalue weighted by atomic mass is 9.84. The Morgan fingerprint density at radius 3 is 2.40 bits per heavy atom. The molecule has 0 aromatic carbocycles. The lowest BCUT2D eigenvalue weighted by Gasteiger charge is -2.34. The molecule has 1 fully saturated rings. The van der Waals surface area contributed by atoms with Gasteiger partial charge in [-0.05, 0) is 43.7 Å². The van der Waals surface area contributed by atoms with E-state index in [1.807, 2.05) is 6.92 Å². The molecular formula is C15H29F3N2. The van der Waals surface area contributed by atoms with Crippen molar-refractivity contribution in [2.24, 2.45) is 11.3 Å². The van der Waals surface area contributed by atoms with Crippen LogP contribution in [-0.2, 0) is 0 Å². The quantitative estimate of drug-likeness (QED) is 0.770. The van der Waals surface area contributed by atoms with E-state index in [9.17, 15) is 13.2 Å². The minimum absolute atomic E-state index is 0.177. The molecule has 1 saturated carbocycles. The van der Waals surface area contributed by atoms with Crippen LogP contribution in [0, 0.1) is 11.3 Å². The average Bonchev–Trinajstić information content (AvgIpc) is 2.55. The first-order valence-electron chi connectivity index (χ1n) is 7.72. The predicted molar refractivity (Wildman–Crippen MR) is 76.8 cm³/mol. The van der Waals surface area contributed by atoms with E-state index in [2.05, 4.69) is 26.1 Å². The molecule has 2 unspecified atom stereocenters. The van der Waals surface area contributed by atoms with E-state index >= 15 is 0 Å². The third kappa shape index (κ3) is 5.24. The van der Waals surface area contributed by atoms with Crippen LogP contribution in [0.2, 0.25) is 0 Å². The van der Waals surface area contributed by atoms with E-state index in [0.717, 1.165) is 25.8 Å². The summed E-state index contributed by atoms with van der Waals surface area (Å²) >= 11 is 0. The molecule has 0 aromatic heterocycles. The zero-order chi connectivity index (χ0) is 15.4. The maximum Gasteiger partial charge on any atom is 0.401 e. The van der Waals surface area contributed by atoms with Gasteiger partial charge in [-0.3, -0.25) is 4.90 Å². The monoisotopic (exact) mass is 294 g/mol. The van der Waals surface area contributed by atoms with E-state index in [1.165, 1.54) is 0 Å². The van der Waals surface area contributed by atoms with E-state index in [0.29, 0.717) is 25.0 Å². The van der Waals surface area contributed by atoms with Gasteiger partial charge in [0.2, 0.25) is 0 Å². The molecule has 0 heterocycles. The number of nitrogens with zero attached hydrogens (tertiary/aromatic N) is 1. The largest absolute Gasteiger partial charge is 0.401 e. The number of halogens is 3. The Bertz CT molecular complexity index is 289. The standard InChI is InChI=1S/C15H29F3N2/c1-5-9-20(11-15(16,17)18)10-12-7-8-14(3,4)13(12)19-6-2/h12-13,19H,5-11H2,1-4H3. The first-order valence-corrected chi connectivity index (χ1v) is 7.72. The molecule has 0 radical (unpaired) electrons. The van der Waals surface area contributed by atoms with Crippen LogP contribution >= 0.6 is 0 Å². The smallest absolute Gasteiger partial charge is 0.313 e. The number of hydrogen-bond donors (Lipinski definition) is 1. The van der Waals surface area contributed by atoms with Crippen molar-refractivity contribution in [2.45, 2.75) is 59.2 Å². The third-order valence-corrected chi connectivity index (χ3v) is 4.33. The SMILES string of the molecule is CCCN(CC1CCC(C)(C)C1NCC)CC(F)(F)F. The van der Waals surface area contributed by atoms with E-state index in [4.69, 9.17) is 0 Å². The van der Waals surface area contributed by atoms with Gasteiger partial charge in [-0.2, -0.15) is 13.2 Å². The summed E-state index contributed by atoms with van der Waals surface area (Å²) in [5.41, 5.74) is 0.177. The lowest BCUT2D eigenvalue weighted by molar-refractivity contribution is -0.147. The number of nitrogens with one attached hydrogen (secondary N) is 1. The molecule has 120 valence electrons. The van der Waals surface area contributed by atoms with Crippen molar-refractivity contribution in [1.29, 1.82) is 0 Å². The van der Waals surface area contributed by atoms with Gasteiger partial charge in [0, 0.05) is 12.6 Å². The zero-order valence-corrected chi connectivity index (χ0v) is 13.2. The molecule has 0 saturated heterocycles. The van der Waals surface area contributed by atoms with Gasteiger partial charge in [-0.15, -0.1) is 0 Å². The maximum atomic E-state index is 12.6. The summed E-state index contributed by atoms with van der Waals surface area (Å²) in [6.07, 6.45) is -1.24.